The largest absolute Gasteiger partial charge is 0.497 e. The van der Waals surface area contributed by atoms with Gasteiger partial charge in [-0.05, 0) is 35.4 Å². The maximum absolute atomic E-state index is 12.3. The standard InChI is InChI=1S/C24H21N3O2S/c1-29-20-13-14-21-22(15-20)27-24(26-21)30-16-23(28)25-19-11-9-18(10-12-19)8-7-17-5-3-2-4-6-17/h2-15H,16H2,1H3,(H,25,28)(H,26,27). The lowest BCUT2D eigenvalue weighted by Gasteiger charge is -2.04. The zero-order chi connectivity index (χ0) is 20.8. The summed E-state index contributed by atoms with van der Waals surface area (Å²) in [6, 6.07) is 23.6. The smallest absolute Gasteiger partial charge is 0.234 e. The Bertz CT molecular complexity index is 1170. The molecule has 0 radical (unpaired) electrons. The molecule has 0 aliphatic carbocycles. The molecule has 2 N–H and O–H groups in total. The molecule has 6 heteroatoms. The predicted octanol–water partition coefficient (Wildman–Crippen LogP) is 5.47. The number of ether oxygens (including phenoxy) is 1. The topological polar surface area (TPSA) is 67.0 Å². The number of hydrogen-bond donors (Lipinski definition) is 2. The number of carbonyl (C=O) groups is 1. The van der Waals surface area contributed by atoms with E-state index in [-0.39, 0.29) is 11.7 Å². The summed E-state index contributed by atoms with van der Waals surface area (Å²) in [4.78, 5) is 20.0. The van der Waals surface area contributed by atoms with Crippen molar-refractivity contribution in [3.8, 4) is 5.75 Å². The highest BCUT2D eigenvalue weighted by atomic mass is 32.2. The lowest BCUT2D eigenvalue weighted by Crippen LogP contribution is -2.14. The molecule has 1 heterocycles. The number of nitrogens with one attached hydrogen (secondary N) is 2. The zero-order valence-corrected chi connectivity index (χ0v) is 17.3. The second kappa shape index (κ2) is 9.33. The number of aromatic amines is 1. The predicted molar refractivity (Wildman–Crippen MR) is 124 cm³/mol. The normalized spacial score (nSPS) is 11.1. The molecule has 0 fully saturated rings. The van der Waals surface area contributed by atoms with E-state index in [0.29, 0.717) is 5.16 Å². The second-order valence-electron chi connectivity index (χ2n) is 6.63. The number of rotatable bonds is 7. The number of methoxy groups -OCH3 is 1. The highest BCUT2D eigenvalue weighted by Crippen LogP contribution is 2.23. The first-order valence-corrected chi connectivity index (χ1v) is 10.5. The average Bonchev–Trinajstić information content (AvgIpc) is 3.20. The van der Waals surface area contributed by atoms with E-state index < -0.39 is 0 Å². The molecule has 1 amide bonds. The molecule has 0 unspecified atom stereocenters. The van der Waals surface area contributed by atoms with E-state index in [1.165, 1.54) is 11.8 Å². The lowest BCUT2D eigenvalue weighted by molar-refractivity contribution is -0.113. The Morgan fingerprint density at radius 3 is 2.50 bits per heavy atom. The average molecular weight is 416 g/mol. The molecule has 0 saturated carbocycles. The molecule has 4 rings (SSSR count). The van der Waals surface area contributed by atoms with E-state index >= 15 is 0 Å². The van der Waals surface area contributed by atoms with Crippen LogP contribution in [0.5, 0.6) is 5.75 Å². The van der Waals surface area contributed by atoms with Crippen molar-refractivity contribution >= 4 is 46.5 Å². The molecule has 30 heavy (non-hydrogen) atoms. The molecule has 1 aromatic heterocycles. The lowest BCUT2D eigenvalue weighted by atomic mass is 10.1. The van der Waals surface area contributed by atoms with Gasteiger partial charge in [-0.3, -0.25) is 4.79 Å². The van der Waals surface area contributed by atoms with Gasteiger partial charge in [-0.25, -0.2) is 4.98 Å². The summed E-state index contributed by atoms with van der Waals surface area (Å²) in [7, 11) is 1.63. The van der Waals surface area contributed by atoms with Crippen LogP contribution in [0.1, 0.15) is 11.1 Å². The molecule has 150 valence electrons. The third kappa shape index (κ3) is 5.10. The van der Waals surface area contributed by atoms with Crippen LogP contribution in [0, 0.1) is 0 Å². The van der Waals surface area contributed by atoms with Crippen molar-refractivity contribution in [1.82, 2.24) is 9.97 Å². The minimum atomic E-state index is -0.0781. The number of carbonyl (C=O) groups excluding carboxylic acids is 1. The Balaban J connectivity index is 1.31. The van der Waals surface area contributed by atoms with Gasteiger partial charge in [-0.1, -0.05) is 66.4 Å². The first-order chi connectivity index (χ1) is 14.7. The van der Waals surface area contributed by atoms with Crippen LogP contribution in [0.25, 0.3) is 23.2 Å². The van der Waals surface area contributed by atoms with Crippen LogP contribution in [0.4, 0.5) is 5.69 Å². The van der Waals surface area contributed by atoms with Crippen molar-refractivity contribution in [1.29, 1.82) is 0 Å². The van der Waals surface area contributed by atoms with E-state index in [0.717, 1.165) is 33.6 Å². The van der Waals surface area contributed by atoms with Crippen LogP contribution in [0.2, 0.25) is 0 Å². The number of imidazole rings is 1. The number of thioether (sulfide) groups is 1. The van der Waals surface area contributed by atoms with Crippen LogP contribution in [0.15, 0.2) is 78.0 Å². The minimum absolute atomic E-state index is 0.0781. The van der Waals surface area contributed by atoms with Crippen molar-refractivity contribution < 1.29 is 9.53 Å². The second-order valence-corrected chi connectivity index (χ2v) is 7.59. The van der Waals surface area contributed by atoms with Gasteiger partial charge in [-0.2, -0.15) is 0 Å². The van der Waals surface area contributed by atoms with Gasteiger partial charge >= 0.3 is 0 Å². The summed E-state index contributed by atoms with van der Waals surface area (Å²) in [5.74, 6) is 0.959. The van der Waals surface area contributed by atoms with Crippen molar-refractivity contribution in [2.24, 2.45) is 0 Å². The Hall–Kier alpha value is -3.51. The third-order valence-electron chi connectivity index (χ3n) is 4.47. The van der Waals surface area contributed by atoms with Crippen LogP contribution in [-0.4, -0.2) is 28.7 Å². The summed E-state index contributed by atoms with van der Waals surface area (Å²) >= 11 is 1.37. The van der Waals surface area contributed by atoms with Crippen molar-refractivity contribution in [3.05, 3.63) is 83.9 Å². The maximum Gasteiger partial charge on any atom is 0.234 e. The van der Waals surface area contributed by atoms with Crippen LogP contribution in [-0.2, 0) is 4.79 Å². The Morgan fingerprint density at radius 2 is 1.77 bits per heavy atom. The number of nitrogens with zero attached hydrogens (tertiary/aromatic N) is 1. The van der Waals surface area contributed by atoms with Gasteiger partial charge in [0, 0.05) is 11.8 Å². The van der Waals surface area contributed by atoms with Gasteiger partial charge in [-0.15, -0.1) is 0 Å². The maximum atomic E-state index is 12.3. The van der Waals surface area contributed by atoms with Crippen LogP contribution >= 0.6 is 11.8 Å². The van der Waals surface area contributed by atoms with Gasteiger partial charge in [0.1, 0.15) is 5.75 Å². The summed E-state index contributed by atoms with van der Waals surface area (Å²) in [6.07, 6.45) is 4.11. The monoisotopic (exact) mass is 415 g/mol. The fourth-order valence-electron chi connectivity index (χ4n) is 2.93. The number of aromatic nitrogens is 2. The van der Waals surface area contributed by atoms with Gasteiger partial charge in [0.2, 0.25) is 5.91 Å². The Morgan fingerprint density at radius 1 is 1.03 bits per heavy atom. The molecular formula is C24H21N3O2S. The molecule has 0 spiro atoms. The van der Waals surface area contributed by atoms with Gasteiger partial charge in [0.15, 0.2) is 5.16 Å². The molecule has 0 bridgehead atoms. The Kier molecular flexibility index (Phi) is 6.15. The van der Waals surface area contributed by atoms with Gasteiger partial charge in [0.05, 0.1) is 23.9 Å². The Labute approximate surface area is 179 Å². The first-order valence-electron chi connectivity index (χ1n) is 9.49. The SMILES string of the molecule is COc1ccc2nc(SCC(=O)Nc3ccc(C=Cc4ccccc4)cc3)[nH]c2c1. The minimum Gasteiger partial charge on any atom is -0.497 e. The molecule has 5 nitrogen and oxygen atoms in total. The zero-order valence-electron chi connectivity index (χ0n) is 16.5. The molecule has 3 aromatic carbocycles. The van der Waals surface area contributed by atoms with E-state index in [9.17, 15) is 4.79 Å². The number of benzene rings is 3. The summed E-state index contributed by atoms with van der Waals surface area (Å²) in [5.41, 5.74) is 4.72. The molecule has 4 aromatic rings. The molecule has 0 aliphatic rings. The third-order valence-corrected chi connectivity index (χ3v) is 5.34. The highest BCUT2D eigenvalue weighted by molar-refractivity contribution is 7.99. The molecular weight excluding hydrogens is 394 g/mol. The summed E-state index contributed by atoms with van der Waals surface area (Å²) in [6.45, 7) is 0. The number of fused-ring (bicyclic) bond motifs is 1. The fraction of sp³-hybridized carbons (Fsp3) is 0.0833. The van der Waals surface area contributed by atoms with E-state index in [1.54, 1.807) is 7.11 Å². The van der Waals surface area contributed by atoms with Crippen molar-refractivity contribution in [2.75, 3.05) is 18.2 Å². The molecule has 0 saturated heterocycles. The van der Waals surface area contributed by atoms with Gasteiger partial charge in [0.25, 0.3) is 0 Å². The summed E-state index contributed by atoms with van der Waals surface area (Å²) < 4.78 is 5.22. The van der Waals surface area contributed by atoms with Crippen LogP contribution in [0.3, 0.4) is 0 Å². The first kappa shape index (κ1) is 19.8. The number of hydrogen-bond acceptors (Lipinski definition) is 4. The van der Waals surface area contributed by atoms with E-state index in [2.05, 4.69) is 33.5 Å². The van der Waals surface area contributed by atoms with E-state index in [1.807, 2.05) is 66.7 Å². The molecule has 0 atom stereocenters. The van der Waals surface area contributed by atoms with Gasteiger partial charge < -0.3 is 15.0 Å². The van der Waals surface area contributed by atoms with Crippen LogP contribution < -0.4 is 10.1 Å². The summed E-state index contributed by atoms with van der Waals surface area (Å²) in [5, 5.41) is 3.62. The highest BCUT2D eigenvalue weighted by Gasteiger charge is 2.08. The number of H-pyrrole nitrogens is 1. The molecule has 0 aliphatic heterocycles. The number of anilines is 1. The number of amides is 1. The fourth-order valence-corrected chi connectivity index (χ4v) is 3.61. The van der Waals surface area contributed by atoms with E-state index in [4.69, 9.17) is 4.74 Å². The van der Waals surface area contributed by atoms with Crippen molar-refractivity contribution in [3.63, 3.8) is 0 Å². The quantitative estimate of drug-likeness (QED) is 0.310. The van der Waals surface area contributed by atoms with Crippen molar-refractivity contribution in [2.45, 2.75) is 5.16 Å².